The molecule has 5 rings (SSSR count). The molecule has 10 heteroatoms. The largest absolute Gasteiger partial charge is 0.490 e. The number of likely N-dealkylation sites (tertiary alicyclic amines) is 1. The molecule has 2 aromatic carbocycles. The van der Waals surface area contributed by atoms with Crippen molar-refractivity contribution in [2.75, 3.05) is 38.2 Å². The van der Waals surface area contributed by atoms with Crippen molar-refractivity contribution < 1.29 is 23.4 Å². The molecule has 1 N–H and O–H groups in total. The highest BCUT2D eigenvalue weighted by Crippen LogP contribution is 2.37. The van der Waals surface area contributed by atoms with E-state index in [1.807, 2.05) is 17.0 Å². The van der Waals surface area contributed by atoms with Crippen molar-refractivity contribution in [2.45, 2.75) is 38.2 Å². The number of fused-ring (bicyclic) bond motifs is 1. The molecule has 3 heterocycles. The number of aromatic nitrogens is 2. The van der Waals surface area contributed by atoms with Gasteiger partial charge in [-0.25, -0.2) is 14.4 Å². The number of hydrogen-bond donors (Lipinski definition) is 1. The summed E-state index contributed by atoms with van der Waals surface area (Å²) in [7, 11) is 0. The quantitative estimate of drug-likeness (QED) is 0.397. The maximum Gasteiger partial charge on any atom is 0.222 e. The fourth-order valence-electron chi connectivity index (χ4n) is 4.43. The van der Waals surface area contributed by atoms with Gasteiger partial charge in [0.05, 0.1) is 30.4 Å². The number of benzene rings is 2. The van der Waals surface area contributed by atoms with Crippen molar-refractivity contribution in [3.63, 3.8) is 0 Å². The molecule has 0 saturated carbocycles. The Morgan fingerprint density at radius 2 is 2.03 bits per heavy atom. The Morgan fingerprint density at radius 1 is 1.17 bits per heavy atom. The number of anilines is 2. The van der Waals surface area contributed by atoms with E-state index >= 15 is 0 Å². The zero-order valence-electron chi connectivity index (χ0n) is 19.8. The van der Waals surface area contributed by atoms with Crippen LogP contribution in [0.3, 0.4) is 0 Å². The van der Waals surface area contributed by atoms with Gasteiger partial charge in [0.25, 0.3) is 0 Å². The second-order valence-electron chi connectivity index (χ2n) is 8.91. The van der Waals surface area contributed by atoms with Crippen LogP contribution >= 0.6 is 11.6 Å². The lowest BCUT2D eigenvalue weighted by Gasteiger charge is -2.25. The summed E-state index contributed by atoms with van der Waals surface area (Å²) in [4.78, 5) is 22.6. The van der Waals surface area contributed by atoms with Crippen molar-refractivity contribution in [2.24, 2.45) is 0 Å². The highest BCUT2D eigenvalue weighted by atomic mass is 35.5. The van der Waals surface area contributed by atoms with Crippen molar-refractivity contribution in [1.29, 1.82) is 0 Å². The zero-order chi connectivity index (χ0) is 24.9. The Morgan fingerprint density at radius 3 is 2.81 bits per heavy atom. The first-order valence-corrected chi connectivity index (χ1v) is 12.6. The molecule has 190 valence electrons. The number of ether oxygens (including phenoxy) is 3. The Labute approximate surface area is 213 Å². The highest BCUT2D eigenvalue weighted by molar-refractivity contribution is 6.31. The van der Waals surface area contributed by atoms with Crippen LogP contribution in [0.1, 0.15) is 32.1 Å². The number of nitrogens with one attached hydrogen (secondary N) is 1. The monoisotopic (exact) mass is 514 g/mol. The van der Waals surface area contributed by atoms with E-state index in [0.717, 1.165) is 37.6 Å². The summed E-state index contributed by atoms with van der Waals surface area (Å²) in [5, 5.41) is 3.95. The van der Waals surface area contributed by atoms with Crippen LogP contribution in [-0.4, -0.2) is 59.8 Å². The van der Waals surface area contributed by atoms with Crippen LogP contribution in [0.25, 0.3) is 10.9 Å². The van der Waals surface area contributed by atoms with Crippen LogP contribution < -0.4 is 14.8 Å². The molecule has 0 atom stereocenters. The minimum atomic E-state index is -0.488. The fraction of sp³-hybridized carbons (Fsp3) is 0.423. The molecule has 8 nitrogen and oxygen atoms in total. The van der Waals surface area contributed by atoms with Gasteiger partial charge in [-0.05, 0) is 37.1 Å². The molecule has 2 aliphatic heterocycles. The van der Waals surface area contributed by atoms with Crippen LogP contribution in [0, 0.1) is 5.82 Å². The second-order valence-corrected chi connectivity index (χ2v) is 9.32. The van der Waals surface area contributed by atoms with Gasteiger partial charge >= 0.3 is 0 Å². The number of amides is 1. The van der Waals surface area contributed by atoms with Crippen LogP contribution in [0.5, 0.6) is 11.5 Å². The number of hydrogen-bond acceptors (Lipinski definition) is 7. The van der Waals surface area contributed by atoms with Gasteiger partial charge in [0.15, 0.2) is 11.5 Å². The summed E-state index contributed by atoms with van der Waals surface area (Å²) in [6, 6.07) is 8.12. The first-order chi connectivity index (χ1) is 17.6. The smallest absolute Gasteiger partial charge is 0.222 e. The highest BCUT2D eigenvalue weighted by Gasteiger charge is 2.21. The molecule has 0 spiro atoms. The zero-order valence-corrected chi connectivity index (χ0v) is 20.6. The van der Waals surface area contributed by atoms with E-state index in [2.05, 4.69) is 15.3 Å². The molecule has 3 aromatic rings. The summed E-state index contributed by atoms with van der Waals surface area (Å²) < 4.78 is 31.6. The molecule has 2 aliphatic rings. The van der Waals surface area contributed by atoms with E-state index in [4.69, 9.17) is 25.8 Å². The third-order valence-corrected chi connectivity index (χ3v) is 6.64. The Kier molecular flexibility index (Phi) is 7.67. The number of nitrogens with zero attached hydrogens (tertiary/aromatic N) is 3. The molecule has 0 aliphatic carbocycles. The van der Waals surface area contributed by atoms with Gasteiger partial charge < -0.3 is 24.4 Å². The molecular weight excluding hydrogens is 487 g/mol. The van der Waals surface area contributed by atoms with Gasteiger partial charge in [-0.3, -0.25) is 4.79 Å². The summed E-state index contributed by atoms with van der Waals surface area (Å²) in [6.45, 7) is 3.25. The van der Waals surface area contributed by atoms with Crippen molar-refractivity contribution >= 4 is 39.9 Å². The molecule has 0 radical (unpaired) electrons. The van der Waals surface area contributed by atoms with Crippen molar-refractivity contribution in [3.8, 4) is 11.5 Å². The van der Waals surface area contributed by atoms with Gasteiger partial charge in [0, 0.05) is 49.5 Å². The summed E-state index contributed by atoms with van der Waals surface area (Å²) >= 11 is 5.95. The average Bonchev–Trinajstić information content (AvgIpc) is 3.29. The summed E-state index contributed by atoms with van der Waals surface area (Å²) in [5.41, 5.74) is 1.27. The molecule has 0 unspecified atom stereocenters. The molecule has 1 amide bonds. The predicted octanol–water partition coefficient (Wildman–Crippen LogP) is 5.12. The maximum atomic E-state index is 13.6. The SMILES string of the molecule is O=C1CCCN1CCCOc1cc2ncnc(Nc3ccc(F)c(Cl)c3)c2cc1OC1CCOCC1. The number of carbonyl (C=O) groups excluding carboxylic acids is 1. The number of carbonyl (C=O) groups is 1. The average molecular weight is 515 g/mol. The standard InChI is InChI=1S/C26H28ClFN4O4/c27-20-13-17(4-5-21(20)28)31-26-19-14-24(36-18-6-11-34-12-7-18)23(15-22(19)29-16-30-26)35-10-2-9-32-8-1-3-25(32)33/h4-5,13-16,18H,1-3,6-12H2,(H,29,30,31). The second kappa shape index (κ2) is 11.3. The van der Waals surface area contributed by atoms with Gasteiger partial charge in [0.2, 0.25) is 5.91 Å². The van der Waals surface area contributed by atoms with E-state index in [0.29, 0.717) is 61.3 Å². The fourth-order valence-corrected chi connectivity index (χ4v) is 4.61. The third kappa shape index (κ3) is 5.79. The van der Waals surface area contributed by atoms with Crippen LogP contribution in [0.2, 0.25) is 5.02 Å². The van der Waals surface area contributed by atoms with Crippen LogP contribution in [0.4, 0.5) is 15.9 Å². The minimum Gasteiger partial charge on any atom is -0.490 e. The first kappa shape index (κ1) is 24.5. The van der Waals surface area contributed by atoms with E-state index in [1.54, 1.807) is 6.07 Å². The Hall–Kier alpha value is -3.17. The molecule has 2 saturated heterocycles. The normalized spacial score (nSPS) is 16.5. The van der Waals surface area contributed by atoms with Gasteiger partial charge in [-0.2, -0.15) is 0 Å². The van der Waals surface area contributed by atoms with E-state index in [1.165, 1.54) is 18.5 Å². The predicted molar refractivity (Wildman–Crippen MR) is 135 cm³/mol. The van der Waals surface area contributed by atoms with Crippen molar-refractivity contribution in [1.82, 2.24) is 14.9 Å². The van der Waals surface area contributed by atoms with Crippen LogP contribution in [0.15, 0.2) is 36.7 Å². The lowest BCUT2D eigenvalue weighted by molar-refractivity contribution is -0.127. The van der Waals surface area contributed by atoms with Gasteiger partial charge in [0.1, 0.15) is 24.1 Å². The van der Waals surface area contributed by atoms with Crippen molar-refractivity contribution in [3.05, 3.63) is 47.5 Å². The Balaban J connectivity index is 1.38. The third-order valence-electron chi connectivity index (χ3n) is 6.35. The van der Waals surface area contributed by atoms with Gasteiger partial charge in [-0.15, -0.1) is 0 Å². The summed E-state index contributed by atoms with van der Waals surface area (Å²) in [6.07, 6.45) is 5.33. The number of rotatable bonds is 9. The molecule has 2 fully saturated rings. The maximum absolute atomic E-state index is 13.6. The lowest BCUT2D eigenvalue weighted by Crippen LogP contribution is -2.27. The topological polar surface area (TPSA) is 85.8 Å². The molecule has 36 heavy (non-hydrogen) atoms. The van der Waals surface area contributed by atoms with Gasteiger partial charge in [-0.1, -0.05) is 11.6 Å². The molecular formula is C26H28ClFN4O4. The number of halogens is 2. The lowest BCUT2D eigenvalue weighted by atomic mass is 10.1. The first-order valence-electron chi connectivity index (χ1n) is 12.2. The van der Waals surface area contributed by atoms with E-state index < -0.39 is 5.82 Å². The molecule has 0 bridgehead atoms. The van der Waals surface area contributed by atoms with Crippen LogP contribution in [-0.2, 0) is 9.53 Å². The molecule has 1 aromatic heterocycles. The summed E-state index contributed by atoms with van der Waals surface area (Å²) in [5.74, 6) is 1.46. The minimum absolute atomic E-state index is 0.0118. The Bertz CT molecular complexity index is 1240. The van der Waals surface area contributed by atoms with E-state index in [-0.39, 0.29) is 17.0 Å². The van der Waals surface area contributed by atoms with E-state index in [9.17, 15) is 9.18 Å².